The molecule has 134 valence electrons. The average molecular weight is 324 g/mol. The van der Waals surface area contributed by atoms with Crippen molar-refractivity contribution in [1.29, 1.82) is 0 Å². The van der Waals surface area contributed by atoms with E-state index in [9.17, 15) is 4.79 Å². The average Bonchev–Trinajstić information content (AvgIpc) is 2.57. The highest BCUT2D eigenvalue weighted by molar-refractivity contribution is 5.69. The van der Waals surface area contributed by atoms with Gasteiger partial charge in [0.05, 0.1) is 6.61 Å². The van der Waals surface area contributed by atoms with Crippen LogP contribution in [0.15, 0.2) is 0 Å². The Morgan fingerprint density at radius 1 is 1.13 bits per heavy atom. The zero-order valence-corrected chi connectivity index (χ0v) is 15.4. The monoisotopic (exact) mass is 323 g/mol. The first-order chi connectivity index (χ1) is 11.2. The summed E-state index contributed by atoms with van der Waals surface area (Å²) < 4.78 is 5.16. The maximum Gasteiger partial charge on any atom is 0.305 e. The van der Waals surface area contributed by atoms with E-state index in [-0.39, 0.29) is 11.5 Å². The molecular weight excluding hydrogens is 286 g/mol. The first-order valence-electron chi connectivity index (χ1n) is 10.1. The van der Waals surface area contributed by atoms with E-state index < -0.39 is 0 Å². The molecule has 0 aromatic heterocycles. The van der Waals surface area contributed by atoms with Crippen molar-refractivity contribution in [3.8, 4) is 0 Å². The van der Waals surface area contributed by atoms with Gasteiger partial charge in [0.2, 0.25) is 0 Å². The molecule has 1 saturated heterocycles. The highest BCUT2D eigenvalue weighted by atomic mass is 16.5. The van der Waals surface area contributed by atoms with Crippen molar-refractivity contribution in [1.82, 2.24) is 5.32 Å². The predicted molar refractivity (Wildman–Crippen MR) is 95.5 cm³/mol. The second-order valence-corrected chi connectivity index (χ2v) is 7.67. The molecule has 1 aliphatic heterocycles. The first-order valence-corrected chi connectivity index (χ1v) is 10.1. The second-order valence-electron chi connectivity index (χ2n) is 7.67. The molecule has 23 heavy (non-hydrogen) atoms. The summed E-state index contributed by atoms with van der Waals surface area (Å²) in [6, 6.07) is 0.670. The van der Waals surface area contributed by atoms with Crippen molar-refractivity contribution in [3.05, 3.63) is 0 Å². The lowest BCUT2D eigenvalue weighted by molar-refractivity contribution is -0.144. The number of ether oxygens (including phenoxy) is 1. The molecule has 3 nitrogen and oxygen atoms in total. The topological polar surface area (TPSA) is 38.3 Å². The van der Waals surface area contributed by atoms with Crippen LogP contribution in [0.2, 0.25) is 0 Å². The van der Waals surface area contributed by atoms with Crippen LogP contribution in [0.1, 0.15) is 97.3 Å². The van der Waals surface area contributed by atoms with Crippen LogP contribution in [0.25, 0.3) is 0 Å². The van der Waals surface area contributed by atoms with Gasteiger partial charge in [-0.1, -0.05) is 45.4 Å². The van der Waals surface area contributed by atoms with Gasteiger partial charge >= 0.3 is 5.97 Å². The number of hydrogen-bond donors (Lipinski definition) is 1. The van der Waals surface area contributed by atoms with E-state index in [4.69, 9.17) is 4.74 Å². The van der Waals surface area contributed by atoms with Crippen LogP contribution < -0.4 is 5.32 Å². The zero-order chi connectivity index (χ0) is 16.5. The Labute approximate surface area is 142 Å². The van der Waals surface area contributed by atoms with Crippen LogP contribution in [-0.2, 0) is 9.53 Å². The van der Waals surface area contributed by atoms with Crippen molar-refractivity contribution in [2.75, 3.05) is 6.61 Å². The molecular formula is C20H37NO2. The molecule has 2 aliphatic rings. The molecule has 0 aromatic carbocycles. The third-order valence-corrected chi connectivity index (χ3v) is 6.05. The Morgan fingerprint density at radius 3 is 2.78 bits per heavy atom. The standard InChI is InChI=1S/C20H37NO2/c1-3-5-6-7-11-18-13-12-17-10-8-9-15-20(17,21-18)16-14-19(22)23-4-2/h17-18,21H,3-16H2,1-2H3/t17-,18+,20-/m0/s1. The molecule has 3 heteroatoms. The second kappa shape index (κ2) is 9.66. The molecule has 2 rings (SSSR count). The molecule has 0 bridgehead atoms. The molecule has 1 aliphatic carbocycles. The molecule has 0 aromatic rings. The summed E-state index contributed by atoms with van der Waals surface area (Å²) in [5.41, 5.74) is 0.221. The highest BCUT2D eigenvalue weighted by Crippen LogP contribution is 2.43. The number of carbonyl (C=O) groups excluding carboxylic acids is 1. The summed E-state index contributed by atoms with van der Waals surface area (Å²) in [5.74, 6) is 0.760. The van der Waals surface area contributed by atoms with Gasteiger partial charge in [-0.3, -0.25) is 4.79 Å². The lowest BCUT2D eigenvalue weighted by Gasteiger charge is -2.51. The molecule has 1 N–H and O–H groups in total. The Bertz CT molecular complexity index is 358. The van der Waals surface area contributed by atoms with Gasteiger partial charge in [-0.15, -0.1) is 0 Å². The number of carbonyl (C=O) groups is 1. The number of esters is 1. The maximum atomic E-state index is 11.8. The fourth-order valence-electron chi connectivity index (χ4n) is 4.80. The lowest BCUT2D eigenvalue weighted by atomic mass is 9.65. The zero-order valence-electron chi connectivity index (χ0n) is 15.4. The van der Waals surface area contributed by atoms with E-state index in [2.05, 4.69) is 12.2 Å². The molecule has 0 unspecified atom stereocenters. The van der Waals surface area contributed by atoms with Gasteiger partial charge < -0.3 is 10.1 Å². The van der Waals surface area contributed by atoms with Gasteiger partial charge in [-0.05, 0) is 51.4 Å². The predicted octanol–water partition coefficient (Wildman–Crippen LogP) is 4.98. The van der Waals surface area contributed by atoms with Crippen LogP contribution in [0, 0.1) is 5.92 Å². The van der Waals surface area contributed by atoms with E-state index >= 15 is 0 Å². The summed E-state index contributed by atoms with van der Waals surface area (Å²) in [7, 11) is 0. The van der Waals surface area contributed by atoms with Crippen molar-refractivity contribution < 1.29 is 9.53 Å². The third kappa shape index (κ3) is 5.48. The van der Waals surface area contributed by atoms with E-state index in [0.717, 1.165) is 12.3 Å². The lowest BCUT2D eigenvalue weighted by Crippen LogP contribution is -2.60. The Balaban J connectivity index is 1.88. The Kier molecular flexibility index (Phi) is 7.88. The first kappa shape index (κ1) is 18.8. The number of rotatable bonds is 9. The minimum atomic E-state index is -0.0157. The smallest absolute Gasteiger partial charge is 0.305 e. The summed E-state index contributed by atoms with van der Waals surface area (Å²) in [5, 5.41) is 4.04. The number of fused-ring (bicyclic) bond motifs is 1. The summed E-state index contributed by atoms with van der Waals surface area (Å²) >= 11 is 0. The van der Waals surface area contributed by atoms with Gasteiger partial charge in [0.25, 0.3) is 0 Å². The molecule has 0 radical (unpaired) electrons. The van der Waals surface area contributed by atoms with Gasteiger partial charge in [-0.25, -0.2) is 0 Å². The normalized spacial score (nSPS) is 30.7. The van der Waals surface area contributed by atoms with Crippen LogP contribution in [0.3, 0.4) is 0 Å². The van der Waals surface area contributed by atoms with Crippen LogP contribution >= 0.6 is 0 Å². The number of nitrogens with one attached hydrogen (secondary N) is 1. The van der Waals surface area contributed by atoms with Crippen molar-refractivity contribution in [3.63, 3.8) is 0 Å². The number of unbranched alkanes of at least 4 members (excludes halogenated alkanes) is 3. The number of piperidine rings is 1. The number of hydrogen-bond acceptors (Lipinski definition) is 3. The van der Waals surface area contributed by atoms with E-state index in [1.54, 1.807) is 0 Å². The molecule has 3 atom stereocenters. The van der Waals surface area contributed by atoms with Crippen molar-refractivity contribution in [2.45, 2.75) is 109 Å². The Hall–Kier alpha value is -0.570. The molecule has 0 amide bonds. The van der Waals surface area contributed by atoms with Gasteiger partial charge in [0, 0.05) is 18.0 Å². The highest BCUT2D eigenvalue weighted by Gasteiger charge is 2.44. The Morgan fingerprint density at radius 2 is 2.00 bits per heavy atom. The molecule has 2 fully saturated rings. The van der Waals surface area contributed by atoms with E-state index in [1.165, 1.54) is 70.6 Å². The largest absolute Gasteiger partial charge is 0.466 e. The molecule has 1 saturated carbocycles. The van der Waals surface area contributed by atoms with Gasteiger partial charge in [0.1, 0.15) is 0 Å². The van der Waals surface area contributed by atoms with Gasteiger partial charge in [0.15, 0.2) is 0 Å². The van der Waals surface area contributed by atoms with Crippen LogP contribution in [0.5, 0.6) is 0 Å². The fourth-order valence-corrected chi connectivity index (χ4v) is 4.80. The fraction of sp³-hybridized carbons (Fsp3) is 0.950. The minimum absolute atomic E-state index is 0.0157. The van der Waals surface area contributed by atoms with Crippen LogP contribution in [0.4, 0.5) is 0 Å². The van der Waals surface area contributed by atoms with Crippen LogP contribution in [-0.4, -0.2) is 24.2 Å². The summed E-state index contributed by atoms with van der Waals surface area (Å²) in [6.45, 7) is 4.67. The maximum absolute atomic E-state index is 11.8. The third-order valence-electron chi connectivity index (χ3n) is 6.05. The molecule has 0 spiro atoms. The summed E-state index contributed by atoms with van der Waals surface area (Å²) in [6.07, 6.45) is 16.2. The molecule has 1 heterocycles. The van der Waals surface area contributed by atoms with E-state index in [1.807, 2.05) is 6.92 Å². The van der Waals surface area contributed by atoms with Crippen molar-refractivity contribution in [2.24, 2.45) is 5.92 Å². The minimum Gasteiger partial charge on any atom is -0.466 e. The quantitative estimate of drug-likeness (QED) is 0.480. The SMILES string of the molecule is CCCCCC[C@@H]1CC[C@@H]2CCCC[C@@]2(CCC(=O)OCC)N1. The van der Waals surface area contributed by atoms with Crippen molar-refractivity contribution >= 4 is 5.97 Å². The van der Waals surface area contributed by atoms with Gasteiger partial charge in [-0.2, -0.15) is 0 Å². The van der Waals surface area contributed by atoms with E-state index in [0.29, 0.717) is 19.1 Å². The summed E-state index contributed by atoms with van der Waals surface area (Å²) in [4.78, 5) is 11.8.